The molecule has 1 aromatic carbocycles. The van der Waals surface area contributed by atoms with Crippen LogP contribution < -0.4 is 4.74 Å². The molecule has 3 heterocycles. The maximum atomic E-state index is 12.6. The van der Waals surface area contributed by atoms with Crippen LogP contribution in [0.2, 0.25) is 0 Å². The van der Waals surface area contributed by atoms with E-state index < -0.39 is 0 Å². The van der Waals surface area contributed by atoms with Gasteiger partial charge in [0, 0.05) is 38.8 Å². The van der Waals surface area contributed by atoms with Crippen molar-refractivity contribution in [3.05, 3.63) is 30.0 Å². The van der Waals surface area contributed by atoms with Gasteiger partial charge in [-0.15, -0.1) is 12.3 Å². The Morgan fingerprint density at radius 3 is 2.57 bits per heavy atom. The number of amides is 1. The van der Waals surface area contributed by atoms with Crippen LogP contribution in [0.4, 0.5) is 0 Å². The zero-order chi connectivity index (χ0) is 21.0. The highest BCUT2D eigenvalue weighted by atomic mass is 16.5. The number of para-hydroxylation sites is 2. The van der Waals surface area contributed by atoms with Crippen LogP contribution in [0.5, 0.6) is 5.88 Å². The summed E-state index contributed by atoms with van der Waals surface area (Å²) in [5.41, 5.74) is 2.14. The second-order valence-electron chi connectivity index (χ2n) is 8.12. The van der Waals surface area contributed by atoms with Gasteiger partial charge in [-0.2, -0.15) is 10.2 Å². The Morgan fingerprint density at radius 1 is 1.20 bits per heavy atom. The van der Waals surface area contributed by atoms with E-state index in [1.807, 2.05) is 36.1 Å². The van der Waals surface area contributed by atoms with Crippen LogP contribution >= 0.6 is 0 Å². The standard InChI is InChI=1S/C23H27N5O2/c1-3-4-12-23(26-27-23)13-9-21(29)28-14-10-18(11-15-28)16-30-22-17(2)24-19-7-5-6-8-20(19)25-22/h1,5-8,18H,4,9-16H2,2H3. The van der Waals surface area contributed by atoms with E-state index >= 15 is 0 Å². The summed E-state index contributed by atoms with van der Waals surface area (Å²) in [5.74, 6) is 3.82. The third-order valence-electron chi connectivity index (χ3n) is 5.92. The Bertz CT molecular complexity index is 983. The molecule has 0 aliphatic carbocycles. The first kappa shape index (κ1) is 20.3. The number of benzene rings is 1. The fraction of sp³-hybridized carbons (Fsp3) is 0.522. The number of likely N-dealkylation sites (tertiary alicyclic amines) is 1. The second-order valence-corrected chi connectivity index (χ2v) is 8.12. The molecule has 30 heavy (non-hydrogen) atoms. The molecule has 7 nitrogen and oxygen atoms in total. The summed E-state index contributed by atoms with van der Waals surface area (Å²) in [6.45, 7) is 4.05. The van der Waals surface area contributed by atoms with Crippen molar-refractivity contribution >= 4 is 16.9 Å². The second kappa shape index (κ2) is 8.78. The van der Waals surface area contributed by atoms with Crippen LogP contribution in [0, 0.1) is 25.2 Å². The molecule has 0 radical (unpaired) electrons. The van der Waals surface area contributed by atoms with Crippen LogP contribution in [-0.2, 0) is 4.79 Å². The third kappa shape index (κ3) is 4.76. The Balaban J connectivity index is 1.22. The zero-order valence-corrected chi connectivity index (χ0v) is 17.4. The molecule has 0 unspecified atom stereocenters. The molecular weight excluding hydrogens is 378 g/mol. The van der Waals surface area contributed by atoms with Crippen molar-refractivity contribution in [1.29, 1.82) is 0 Å². The van der Waals surface area contributed by atoms with Gasteiger partial charge in [-0.3, -0.25) is 4.79 Å². The average Bonchev–Trinajstić information content (AvgIpc) is 3.55. The van der Waals surface area contributed by atoms with Crippen LogP contribution in [-0.4, -0.2) is 46.1 Å². The Hall–Kier alpha value is -3.01. The molecule has 0 N–H and O–H groups in total. The van der Waals surface area contributed by atoms with E-state index in [0.29, 0.717) is 37.7 Å². The van der Waals surface area contributed by atoms with Crippen LogP contribution in [0.25, 0.3) is 11.0 Å². The van der Waals surface area contributed by atoms with Crippen molar-refractivity contribution in [2.45, 2.75) is 51.1 Å². The van der Waals surface area contributed by atoms with Gasteiger partial charge in [-0.25, -0.2) is 9.97 Å². The summed E-state index contributed by atoms with van der Waals surface area (Å²) in [6, 6.07) is 7.80. The Kier molecular flexibility index (Phi) is 5.93. The quantitative estimate of drug-likeness (QED) is 0.624. The summed E-state index contributed by atoms with van der Waals surface area (Å²) in [7, 11) is 0. The number of terminal acetylenes is 1. The average molecular weight is 406 g/mol. The molecule has 1 fully saturated rings. The molecule has 0 atom stereocenters. The predicted octanol–water partition coefficient (Wildman–Crippen LogP) is 3.91. The lowest BCUT2D eigenvalue weighted by Gasteiger charge is -2.32. The normalized spacial score (nSPS) is 17.7. The van der Waals surface area contributed by atoms with Gasteiger partial charge in [0.15, 0.2) is 5.66 Å². The Labute approximate surface area is 176 Å². The lowest BCUT2D eigenvalue weighted by atomic mass is 9.96. The first-order chi connectivity index (χ1) is 14.6. The first-order valence-electron chi connectivity index (χ1n) is 10.6. The van der Waals surface area contributed by atoms with Gasteiger partial charge in [-0.05, 0) is 37.8 Å². The van der Waals surface area contributed by atoms with E-state index in [-0.39, 0.29) is 11.6 Å². The number of piperidine rings is 1. The third-order valence-corrected chi connectivity index (χ3v) is 5.92. The van der Waals surface area contributed by atoms with Crippen LogP contribution in [0.3, 0.4) is 0 Å². The minimum absolute atomic E-state index is 0.183. The summed E-state index contributed by atoms with van der Waals surface area (Å²) in [6.07, 6.45) is 9.71. The number of carbonyl (C=O) groups excluding carboxylic acids is 1. The lowest BCUT2D eigenvalue weighted by Crippen LogP contribution is -2.40. The molecule has 0 saturated carbocycles. The van der Waals surface area contributed by atoms with Gasteiger partial charge in [0.05, 0.1) is 17.6 Å². The topological polar surface area (TPSA) is 80.0 Å². The SMILES string of the molecule is C#CCCC1(CCC(=O)N2CCC(COc3nc4ccccc4nc3C)CC2)N=N1. The maximum Gasteiger partial charge on any atom is 0.235 e. The zero-order valence-electron chi connectivity index (χ0n) is 17.4. The van der Waals surface area contributed by atoms with E-state index in [4.69, 9.17) is 11.2 Å². The minimum atomic E-state index is -0.382. The molecule has 2 aromatic rings. The van der Waals surface area contributed by atoms with Crippen molar-refractivity contribution in [3.8, 4) is 18.2 Å². The molecular formula is C23H27N5O2. The Morgan fingerprint density at radius 2 is 1.90 bits per heavy atom. The van der Waals surface area contributed by atoms with Gasteiger partial charge in [0.1, 0.15) is 5.69 Å². The van der Waals surface area contributed by atoms with Crippen molar-refractivity contribution in [3.63, 3.8) is 0 Å². The number of fused-ring (bicyclic) bond motifs is 1. The van der Waals surface area contributed by atoms with E-state index in [0.717, 1.165) is 49.1 Å². The molecule has 1 aromatic heterocycles. The molecule has 156 valence electrons. The number of carbonyl (C=O) groups is 1. The molecule has 2 aliphatic heterocycles. The summed E-state index contributed by atoms with van der Waals surface area (Å²) >= 11 is 0. The van der Waals surface area contributed by atoms with Crippen LogP contribution in [0.15, 0.2) is 34.5 Å². The number of nitrogens with zero attached hydrogens (tertiary/aromatic N) is 5. The van der Waals surface area contributed by atoms with Gasteiger partial charge >= 0.3 is 0 Å². The highest BCUT2D eigenvalue weighted by Gasteiger charge is 2.39. The molecule has 2 aliphatic rings. The van der Waals surface area contributed by atoms with Crippen molar-refractivity contribution < 1.29 is 9.53 Å². The highest BCUT2D eigenvalue weighted by Crippen LogP contribution is 2.37. The number of hydrogen-bond acceptors (Lipinski definition) is 6. The number of aryl methyl sites for hydroxylation is 1. The van der Waals surface area contributed by atoms with Crippen molar-refractivity contribution in [1.82, 2.24) is 14.9 Å². The monoisotopic (exact) mass is 405 g/mol. The predicted molar refractivity (Wildman–Crippen MR) is 114 cm³/mol. The molecule has 4 rings (SSSR count). The van der Waals surface area contributed by atoms with Gasteiger partial charge < -0.3 is 9.64 Å². The van der Waals surface area contributed by atoms with E-state index in [1.165, 1.54) is 0 Å². The number of rotatable bonds is 8. The molecule has 1 amide bonds. The maximum absolute atomic E-state index is 12.6. The highest BCUT2D eigenvalue weighted by molar-refractivity contribution is 5.76. The molecule has 0 bridgehead atoms. The van der Waals surface area contributed by atoms with Crippen LogP contribution in [0.1, 0.15) is 44.2 Å². The van der Waals surface area contributed by atoms with E-state index in [1.54, 1.807) is 0 Å². The van der Waals surface area contributed by atoms with Gasteiger partial charge in [0.2, 0.25) is 11.8 Å². The summed E-state index contributed by atoms with van der Waals surface area (Å²) in [5, 5.41) is 8.22. The number of ether oxygens (including phenoxy) is 1. The fourth-order valence-electron chi connectivity index (χ4n) is 3.89. The first-order valence-corrected chi connectivity index (χ1v) is 10.6. The largest absolute Gasteiger partial charge is 0.476 e. The summed E-state index contributed by atoms with van der Waals surface area (Å²) < 4.78 is 6.00. The smallest absolute Gasteiger partial charge is 0.235 e. The lowest BCUT2D eigenvalue weighted by molar-refractivity contribution is -0.133. The van der Waals surface area contributed by atoms with E-state index in [2.05, 4.69) is 26.1 Å². The molecule has 0 spiro atoms. The van der Waals surface area contributed by atoms with Crippen molar-refractivity contribution in [2.24, 2.45) is 16.1 Å². The molecule has 1 saturated heterocycles. The number of aromatic nitrogens is 2. The minimum Gasteiger partial charge on any atom is -0.476 e. The summed E-state index contributed by atoms with van der Waals surface area (Å²) in [4.78, 5) is 23.7. The van der Waals surface area contributed by atoms with Crippen molar-refractivity contribution in [2.75, 3.05) is 19.7 Å². The number of hydrogen-bond donors (Lipinski definition) is 0. The molecule has 7 heteroatoms. The van der Waals surface area contributed by atoms with E-state index in [9.17, 15) is 4.79 Å². The van der Waals surface area contributed by atoms with Gasteiger partial charge in [0.25, 0.3) is 0 Å². The fourth-order valence-corrected chi connectivity index (χ4v) is 3.89. The van der Waals surface area contributed by atoms with Gasteiger partial charge in [-0.1, -0.05) is 12.1 Å².